The Hall–Kier alpha value is -1.01. The Morgan fingerprint density at radius 2 is 2.06 bits per heavy atom. The summed E-state index contributed by atoms with van der Waals surface area (Å²) in [6.45, 7) is 4.94. The van der Waals surface area contributed by atoms with E-state index in [0.717, 1.165) is 48.8 Å². The van der Waals surface area contributed by atoms with Crippen molar-refractivity contribution in [3.63, 3.8) is 0 Å². The number of hydrogen-bond donors (Lipinski definition) is 0. The van der Waals surface area contributed by atoms with E-state index in [1.807, 2.05) is 4.57 Å². The van der Waals surface area contributed by atoms with E-state index in [4.69, 9.17) is 16.9 Å². The van der Waals surface area contributed by atoms with Crippen LogP contribution in [0.15, 0.2) is 0 Å². The lowest BCUT2D eigenvalue weighted by Gasteiger charge is -2.06. The third-order valence-electron chi connectivity index (χ3n) is 2.74. The summed E-state index contributed by atoms with van der Waals surface area (Å²) in [5.41, 5.74) is 0.984. The first-order valence-electron chi connectivity index (χ1n) is 6.35. The summed E-state index contributed by atoms with van der Waals surface area (Å²) in [7, 11) is 0. The minimum atomic E-state index is 0.487. The van der Waals surface area contributed by atoms with E-state index in [2.05, 4.69) is 24.9 Å². The van der Waals surface area contributed by atoms with Crippen molar-refractivity contribution in [2.45, 2.75) is 58.9 Å². The lowest BCUT2D eigenvalue weighted by Crippen LogP contribution is -2.04. The molecule has 0 saturated heterocycles. The van der Waals surface area contributed by atoms with Crippen LogP contribution in [-0.4, -0.2) is 9.55 Å². The molecule has 1 heterocycles. The Balaban J connectivity index is 2.91. The molecule has 0 amide bonds. The number of aromatic nitrogens is 2. The predicted molar refractivity (Wildman–Crippen MR) is 70.1 cm³/mol. The summed E-state index contributed by atoms with van der Waals surface area (Å²) >= 11 is 6.31. The lowest BCUT2D eigenvalue weighted by atomic mass is 10.2. The minimum absolute atomic E-state index is 0.487. The molecular weight excluding hydrogens is 234 g/mol. The summed E-state index contributed by atoms with van der Waals surface area (Å²) in [5.74, 6) is 1.04. The van der Waals surface area contributed by atoms with Crippen molar-refractivity contribution in [2.24, 2.45) is 0 Å². The van der Waals surface area contributed by atoms with Crippen molar-refractivity contribution in [1.29, 1.82) is 5.26 Å². The molecule has 1 aromatic heterocycles. The van der Waals surface area contributed by atoms with Gasteiger partial charge in [0.15, 0.2) is 0 Å². The zero-order chi connectivity index (χ0) is 12.7. The van der Waals surface area contributed by atoms with E-state index in [1.54, 1.807) is 0 Å². The molecule has 1 rings (SSSR count). The average Bonchev–Trinajstić information content (AvgIpc) is 2.62. The van der Waals surface area contributed by atoms with E-state index >= 15 is 0 Å². The summed E-state index contributed by atoms with van der Waals surface area (Å²) in [5, 5.41) is 9.40. The maximum Gasteiger partial charge on any atom is 0.132 e. The fourth-order valence-corrected chi connectivity index (χ4v) is 2.16. The van der Waals surface area contributed by atoms with Crippen LogP contribution in [0.5, 0.6) is 0 Å². The fourth-order valence-electron chi connectivity index (χ4n) is 1.84. The SMILES string of the molecule is CCCCc1nc(CCC)c(Cl)n1CCC#N. The largest absolute Gasteiger partial charge is 0.318 e. The molecular formula is C13H20ClN3. The van der Waals surface area contributed by atoms with Crippen LogP contribution in [-0.2, 0) is 19.4 Å². The van der Waals surface area contributed by atoms with Gasteiger partial charge in [-0.15, -0.1) is 0 Å². The number of nitrogens with zero attached hydrogens (tertiary/aromatic N) is 3. The zero-order valence-electron chi connectivity index (χ0n) is 10.7. The molecule has 0 spiro atoms. The van der Waals surface area contributed by atoms with Gasteiger partial charge in [0.25, 0.3) is 0 Å². The molecule has 0 saturated carbocycles. The third kappa shape index (κ3) is 3.74. The normalized spacial score (nSPS) is 10.5. The number of unbranched alkanes of at least 4 members (excludes halogenated alkanes) is 1. The smallest absolute Gasteiger partial charge is 0.132 e. The van der Waals surface area contributed by atoms with E-state index in [0.29, 0.717) is 13.0 Å². The van der Waals surface area contributed by atoms with Crippen molar-refractivity contribution in [3.8, 4) is 6.07 Å². The molecule has 0 aliphatic heterocycles. The molecule has 94 valence electrons. The maximum atomic E-state index is 8.67. The highest BCUT2D eigenvalue weighted by atomic mass is 35.5. The Morgan fingerprint density at radius 3 is 2.65 bits per heavy atom. The van der Waals surface area contributed by atoms with Crippen molar-refractivity contribution in [1.82, 2.24) is 9.55 Å². The summed E-state index contributed by atoms with van der Waals surface area (Å²) in [6, 6.07) is 2.16. The van der Waals surface area contributed by atoms with E-state index < -0.39 is 0 Å². The first-order valence-corrected chi connectivity index (χ1v) is 6.73. The Labute approximate surface area is 108 Å². The van der Waals surface area contributed by atoms with Crippen LogP contribution in [0.3, 0.4) is 0 Å². The molecule has 0 aromatic carbocycles. The molecule has 0 bridgehead atoms. The van der Waals surface area contributed by atoms with Gasteiger partial charge in [-0.3, -0.25) is 0 Å². The second-order valence-corrected chi connectivity index (χ2v) is 4.54. The molecule has 4 heteroatoms. The summed E-state index contributed by atoms with van der Waals surface area (Å²) in [6.07, 6.45) is 5.66. The minimum Gasteiger partial charge on any atom is -0.318 e. The van der Waals surface area contributed by atoms with Crippen LogP contribution < -0.4 is 0 Å². The van der Waals surface area contributed by atoms with Crippen molar-refractivity contribution < 1.29 is 0 Å². The van der Waals surface area contributed by atoms with Gasteiger partial charge in [0.1, 0.15) is 11.0 Å². The number of imidazole rings is 1. The molecule has 17 heavy (non-hydrogen) atoms. The quantitative estimate of drug-likeness (QED) is 0.743. The zero-order valence-corrected chi connectivity index (χ0v) is 11.4. The van der Waals surface area contributed by atoms with Crippen LogP contribution in [0.25, 0.3) is 0 Å². The summed E-state index contributed by atoms with van der Waals surface area (Å²) < 4.78 is 2.01. The fraction of sp³-hybridized carbons (Fsp3) is 0.692. The molecule has 0 fully saturated rings. The van der Waals surface area contributed by atoms with Crippen LogP contribution in [0.4, 0.5) is 0 Å². The first-order chi connectivity index (χ1) is 8.24. The number of halogens is 1. The van der Waals surface area contributed by atoms with Crippen molar-refractivity contribution >= 4 is 11.6 Å². The highest BCUT2D eigenvalue weighted by Crippen LogP contribution is 2.21. The van der Waals surface area contributed by atoms with Gasteiger partial charge in [-0.1, -0.05) is 38.3 Å². The van der Waals surface area contributed by atoms with Gasteiger partial charge in [0.05, 0.1) is 18.2 Å². The monoisotopic (exact) mass is 253 g/mol. The second-order valence-electron chi connectivity index (χ2n) is 4.18. The molecule has 0 aliphatic carbocycles. The Kier molecular flexibility index (Phi) is 6.07. The van der Waals surface area contributed by atoms with Gasteiger partial charge < -0.3 is 4.57 Å². The molecule has 1 aromatic rings. The Bertz CT molecular complexity index is 390. The maximum absolute atomic E-state index is 8.67. The van der Waals surface area contributed by atoms with Crippen LogP contribution >= 0.6 is 11.6 Å². The van der Waals surface area contributed by atoms with E-state index in [9.17, 15) is 0 Å². The third-order valence-corrected chi connectivity index (χ3v) is 3.16. The average molecular weight is 254 g/mol. The van der Waals surface area contributed by atoms with Gasteiger partial charge in [-0.05, 0) is 12.8 Å². The molecule has 0 aliphatic rings. The molecule has 3 nitrogen and oxygen atoms in total. The van der Waals surface area contributed by atoms with Gasteiger partial charge in [0, 0.05) is 13.0 Å². The molecule has 0 radical (unpaired) electrons. The standard InChI is InChI=1S/C13H20ClN3/c1-3-5-8-12-16-11(7-4-2)13(14)17(12)10-6-9-15/h3-8,10H2,1-2H3. The molecule has 0 unspecified atom stereocenters. The highest BCUT2D eigenvalue weighted by molar-refractivity contribution is 6.30. The van der Waals surface area contributed by atoms with Crippen molar-refractivity contribution in [2.75, 3.05) is 0 Å². The van der Waals surface area contributed by atoms with E-state index in [1.165, 1.54) is 0 Å². The predicted octanol–water partition coefficient (Wildman–Crippen LogP) is 3.75. The van der Waals surface area contributed by atoms with Gasteiger partial charge in [0.2, 0.25) is 0 Å². The number of rotatable bonds is 7. The van der Waals surface area contributed by atoms with E-state index in [-0.39, 0.29) is 0 Å². The molecule has 0 N–H and O–H groups in total. The number of nitriles is 1. The van der Waals surface area contributed by atoms with Crippen LogP contribution in [0, 0.1) is 11.3 Å². The first kappa shape index (κ1) is 14.1. The lowest BCUT2D eigenvalue weighted by molar-refractivity contribution is 0.640. The Morgan fingerprint density at radius 1 is 1.29 bits per heavy atom. The highest BCUT2D eigenvalue weighted by Gasteiger charge is 2.14. The molecule has 0 atom stereocenters. The summed E-state index contributed by atoms with van der Waals surface area (Å²) in [4.78, 5) is 4.61. The van der Waals surface area contributed by atoms with Crippen LogP contribution in [0.1, 0.15) is 51.0 Å². The number of hydrogen-bond acceptors (Lipinski definition) is 2. The van der Waals surface area contributed by atoms with Gasteiger partial charge in [-0.2, -0.15) is 5.26 Å². The second kappa shape index (κ2) is 7.34. The van der Waals surface area contributed by atoms with Crippen molar-refractivity contribution in [3.05, 3.63) is 16.7 Å². The van der Waals surface area contributed by atoms with Crippen LogP contribution in [0.2, 0.25) is 5.15 Å². The number of aryl methyl sites for hydroxylation is 2. The van der Waals surface area contributed by atoms with Gasteiger partial charge in [-0.25, -0.2) is 4.98 Å². The topological polar surface area (TPSA) is 41.6 Å². The van der Waals surface area contributed by atoms with Gasteiger partial charge >= 0.3 is 0 Å².